The second-order valence-corrected chi connectivity index (χ2v) is 8.53. The lowest BCUT2D eigenvalue weighted by molar-refractivity contribution is 0.254. The third-order valence-electron chi connectivity index (χ3n) is 4.68. The third-order valence-corrected chi connectivity index (χ3v) is 5.78. The van der Waals surface area contributed by atoms with Crippen molar-refractivity contribution in [2.24, 2.45) is 0 Å². The largest absolute Gasteiger partial charge is 0.338 e. The molecule has 1 aliphatic rings. The summed E-state index contributed by atoms with van der Waals surface area (Å²) in [6.07, 6.45) is 5.91. The number of sulfonamides is 1. The Bertz CT molecular complexity index is 861. The molecule has 1 saturated heterocycles. The van der Waals surface area contributed by atoms with Gasteiger partial charge in [-0.25, -0.2) is 23.1 Å². The first-order chi connectivity index (χ1) is 13.5. The standard InChI is InChI=1S/C20H27N5O2S/c1-18-4-6-19(7-5-18)8-17-28(26,27)23-11-3-12-24-13-15-25(16-14-24)20-21-9-2-10-22-20/h2,4-10,17,23H,3,11-16H2,1H3/b17-8+. The fourth-order valence-electron chi connectivity index (χ4n) is 3.04. The minimum atomic E-state index is -3.41. The van der Waals surface area contributed by atoms with Gasteiger partial charge in [-0.3, -0.25) is 4.90 Å². The Morgan fingerprint density at radius 1 is 1.07 bits per heavy atom. The van der Waals surface area contributed by atoms with Crippen LogP contribution in [0.1, 0.15) is 17.5 Å². The van der Waals surface area contributed by atoms with Crippen LogP contribution in [0.3, 0.4) is 0 Å². The second-order valence-electron chi connectivity index (χ2n) is 6.88. The van der Waals surface area contributed by atoms with Crippen LogP contribution >= 0.6 is 0 Å². The predicted molar refractivity (Wildman–Crippen MR) is 112 cm³/mol. The first kappa shape index (κ1) is 20.4. The molecule has 0 radical (unpaired) electrons. The molecule has 1 aliphatic heterocycles. The van der Waals surface area contributed by atoms with Crippen LogP contribution in [0, 0.1) is 6.92 Å². The Morgan fingerprint density at radius 2 is 1.75 bits per heavy atom. The van der Waals surface area contributed by atoms with Gasteiger partial charge < -0.3 is 4.90 Å². The molecule has 0 bridgehead atoms. The summed E-state index contributed by atoms with van der Waals surface area (Å²) in [5.41, 5.74) is 2.02. The van der Waals surface area contributed by atoms with E-state index in [0.29, 0.717) is 6.54 Å². The minimum absolute atomic E-state index is 0.433. The number of benzene rings is 1. The first-order valence-electron chi connectivity index (χ1n) is 9.51. The van der Waals surface area contributed by atoms with Gasteiger partial charge in [0, 0.05) is 50.5 Å². The molecule has 2 heterocycles. The van der Waals surface area contributed by atoms with Crippen molar-refractivity contribution in [2.45, 2.75) is 13.3 Å². The molecule has 1 aromatic carbocycles. The molecule has 1 fully saturated rings. The summed E-state index contributed by atoms with van der Waals surface area (Å²) in [5.74, 6) is 0.773. The summed E-state index contributed by atoms with van der Waals surface area (Å²) >= 11 is 0. The maximum absolute atomic E-state index is 12.1. The highest BCUT2D eigenvalue weighted by molar-refractivity contribution is 7.92. The van der Waals surface area contributed by atoms with E-state index in [1.54, 1.807) is 18.5 Å². The lowest BCUT2D eigenvalue weighted by Crippen LogP contribution is -2.47. The SMILES string of the molecule is Cc1ccc(/C=C/S(=O)(=O)NCCCN2CCN(c3ncccn3)CC2)cc1. The molecule has 2 aromatic rings. The van der Waals surface area contributed by atoms with E-state index < -0.39 is 10.0 Å². The maximum atomic E-state index is 12.1. The number of hydrogen-bond acceptors (Lipinski definition) is 6. The van der Waals surface area contributed by atoms with Gasteiger partial charge in [0.1, 0.15) is 0 Å². The van der Waals surface area contributed by atoms with Crippen LogP contribution in [0.2, 0.25) is 0 Å². The zero-order valence-electron chi connectivity index (χ0n) is 16.2. The summed E-state index contributed by atoms with van der Waals surface area (Å²) in [5, 5.41) is 1.23. The van der Waals surface area contributed by atoms with Crippen LogP contribution in [-0.2, 0) is 10.0 Å². The van der Waals surface area contributed by atoms with Crippen molar-refractivity contribution in [3.05, 3.63) is 59.3 Å². The highest BCUT2D eigenvalue weighted by atomic mass is 32.2. The number of nitrogens with zero attached hydrogens (tertiary/aromatic N) is 4. The Hall–Kier alpha value is -2.29. The van der Waals surface area contributed by atoms with Crippen molar-refractivity contribution in [3.63, 3.8) is 0 Å². The molecule has 7 nitrogen and oxygen atoms in total. The van der Waals surface area contributed by atoms with Gasteiger partial charge in [0.05, 0.1) is 0 Å². The van der Waals surface area contributed by atoms with E-state index in [0.717, 1.165) is 56.2 Å². The minimum Gasteiger partial charge on any atom is -0.338 e. The lowest BCUT2D eigenvalue weighted by atomic mass is 10.2. The van der Waals surface area contributed by atoms with E-state index in [-0.39, 0.29) is 0 Å². The van der Waals surface area contributed by atoms with E-state index in [1.165, 1.54) is 5.41 Å². The molecule has 0 unspecified atom stereocenters. The number of nitrogens with one attached hydrogen (secondary N) is 1. The monoisotopic (exact) mass is 401 g/mol. The van der Waals surface area contributed by atoms with Gasteiger partial charge in [0.2, 0.25) is 16.0 Å². The van der Waals surface area contributed by atoms with Crippen LogP contribution in [0.25, 0.3) is 6.08 Å². The van der Waals surface area contributed by atoms with E-state index in [1.807, 2.05) is 37.3 Å². The molecule has 1 aromatic heterocycles. The lowest BCUT2D eigenvalue weighted by Gasteiger charge is -2.34. The van der Waals surface area contributed by atoms with Crippen molar-refractivity contribution in [3.8, 4) is 0 Å². The van der Waals surface area contributed by atoms with E-state index >= 15 is 0 Å². The maximum Gasteiger partial charge on any atom is 0.233 e. The molecule has 0 spiro atoms. The fourth-order valence-corrected chi connectivity index (χ4v) is 3.90. The molecule has 0 aliphatic carbocycles. The van der Waals surface area contributed by atoms with Crippen molar-refractivity contribution < 1.29 is 8.42 Å². The highest BCUT2D eigenvalue weighted by Crippen LogP contribution is 2.10. The van der Waals surface area contributed by atoms with Gasteiger partial charge in [-0.1, -0.05) is 29.8 Å². The van der Waals surface area contributed by atoms with E-state index in [4.69, 9.17) is 0 Å². The van der Waals surface area contributed by atoms with Gasteiger partial charge in [-0.2, -0.15) is 0 Å². The molecule has 0 amide bonds. The van der Waals surface area contributed by atoms with Crippen LogP contribution in [0.5, 0.6) is 0 Å². The smallest absolute Gasteiger partial charge is 0.233 e. The number of hydrogen-bond donors (Lipinski definition) is 1. The molecular formula is C20H27N5O2S. The van der Waals surface area contributed by atoms with Crippen LogP contribution in [-0.4, -0.2) is 62.6 Å². The first-order valence-corrected chi connectivity index (χ1v) is 11.1. The molecule has 3 rings (SSSR count). The molecule has 150 valence electrons. The fraction of sp³-hybridized carbons (Fsp3) is 0.400. The summed E-state index contributed by atoms with van der Waals surface area (Å²) in [4.78, 5) is 13.1. The van der Waals surface area contributed by atoms with Crippen molar-refractivity contribution in [2.75, 3.05) is 44.2 Å². The number of anilines is 1. The molecule has 0 atom stereocenters. The van der Waals surface area contributed by atoms with Gasteiger partial charge in [0.15, 0.2) is 0 Å². The Labute approximate surface area is 167 Å². The predicted octanol–water partition coefficient (Wildman–Crippen LogP) is 1.89. The number of aryl methyl sites for hydroxylation is 1. The number of rotatable bonds is 8. The quantitative estimate of drug-likeness (QED) is 0.681. The highest BCUT2D eigenvalue weighted by Gasteiger charge is 2.18. The molecule has 0 saturated carbocycles. The van der Waals surface area contributed by atoms with Gasteiger partial charge in [-0.15, -0.1) is 0 Å². The van der Waals surface area contributed by atoms with Crippen molar-refractivity contribution in [1.29, 1.82) is 0 Å². The molecule has 28 heavy (non-hydrogen) atoms. The van der Waals surface area contributed by atoms with Gasteiger partial charge >= 0.3 is 0 Å². The molecule has 8 heteroatoms. The molecule has 1 N–H and O–H groups in total. The third kappa shape index (κ3) is 6.40. The summed E-state index contributed by atoms with van der Waals surface area (Å²) in [6.45, 7) is 6.93. The summed E-state index contributed by atoms with van der Waals surface area (Å²) in [6, 6.07) is 9.55. The van der Waals surface area contributed by atoms with Crippen molar-refractivity contribution in [1.82, 2.24) is 19.6 Å². The average Bonchev–Trinajstić information content (AvgIpc) is 2.72. The normalized spacial score (nSPS) is 16.0. The Kier molecular flexibility index (Phi) is 7.13. The second kappa shape index (κ2) is 9.77. The van der Waals surface area contributed by atoms with Gasteiger partial charge in [-0.05, 0) is 37.6 Å². The Balaban J connectivity index is 1.36. The summed E-state index contributed by atoms with van der Waals surface area (Å²) in [7, 11) is -3.41. The molecular weight excluding hydrogens is 374 g/mol. The zero-order chi connectivity index (χ0) is 19.8. The number of piperazine rings is 1. The Morgan fingerprint density at radius 3 is 2.43 bits per heavy atom. The topological polar surface area (TPSA) is 78.4 Å². The van der Waals surface area contributed by atoms with E-state index in [2.05, 4.69) is 24.5 Å². The van der Waals surface area contributed by atoms with Crippen LogP contribution in [0.4, 0.5) is 5.95 Å². The zero-order valence-corrected chi connectivity index (χ0v) is 17.0. The number of aromatic nitrogens is 2. The van der Waals surface area contributed by atoms with Crippen molar-refractivity contribution >= 4 is 22.0 Å². The van der Waals surface area contributed by atoms with Crippen LogP contribution < -0.4 is 9.62 Å². The average molecular weight is 402 g/mol. The van der Waals surface area contributed by atoms with E-state index in [9.17, 15) is 8.42 Å². The summed E-state index contributed by atoms with van der Waals surface area (Å²) < 4.78 is 26.8. The van der Waals surface area contributed by atoms with Gasteiger partial charge in [0.25, 0.3) is 0 Å². The van der Waals surface area contributed by atoms with Crippen LogP contribution in [0.15, 0.2) is 48.1 Å².